The second-order valence-corrected chi connectivity index (χ2v) is 8.59. The van der Waals surface area contributed by atoms with Crippen LogP contribution < -0.4 is 5.32 Å². The van der Waals surface area contributed by atoms with Gasteiger partial charge in [0.15, 0.2) is 5.65 Å². The molecule has 0 bridgehead atoms. The Bertz CT molecular complexity index is 1250. The molecule has 0 unspecified atom stereocenters. The Morgan fingerprint density at radius 1 is 1.16 bits per heavy atom. The largest absolute Gasteiger partial charge is 0.351 e. The summed E-state index contributed by atoms with van der Waals surface area (Å²) in [6, 6.07) is 4.16. The van der Waals surface area contributed by atoms with Gasteiger partial charge < -0.3 is 14.9 Å². The monoisotopic (exact) mass is 425 g/mol. The van der Waals surface area contributed by atoms with Gasteiger partial charge in [0, 0.05) is 48.3 Å². The van der Waals surface area contributed by atoms with Crippen molar-refractivity contribution < 1.29 is 8.78 Å². The molecule has 1 fully saturated rings. The molecule has 162 valence electrons. The van der Waals surface area contributed by atoms with Crippen LogP contribution in [-0.4, -0.2) is 41.5 Å². The minimum Gasteiger partial charge on any atom is -0.351 e. The number of nitrogens with one attached hydrogen (secondary N) is 2. The molecule has 7 nitrogen and oxygen atoms in total. The van der Waals surface area contributed by atoms with Crippen LogP contribution in [-0.2, 0) is 0 Å². The number of aromatic nitrogens is 6. The molecular formula is C22H25F2N7. The number of aryl methyl sites for hydroxylation is 1. The van der Waals surface area contributed by atoms with Crippen molar-refractivity contribution in [2.24, 2.45) is 0 Å². The fraction of sp³-hybridized carbons (Fsp3) is 0.455. The highest BCUT2D eigenvalue weighted by atomic mass is 19.3. The Kier molecular flexibility index (Phi) is 4.64. The molecule has 2 N–H and O–H groups in total. The minimum atomic E-state index is -2.55. The van der Waals surface area contributed by atoms with Gasteiger partial charge in [0.05, 0.1) is 5.69 Å². The van der Waals surface area contributed by atoms with Gasteiger partial charge >= 0.3 is 0 Å². The molecule has 4 aromatic heterocycles. The van der Waals surface area contributed by atoms with E-state index in [4.69, 9.17) is 4.98 Å². The number of fused-ring (bicyclic) bond motifs is 2. The van der Waals surface area contributed by atoms with Crippen LogP contribution in [0.25, 0.3) is 33.5 Å². The SMILES string of the molecule is Cc1nc2ccc(-c3c[nH]c4nc(NC5CCC(F)(F)CC5)ncc34)nc2n1C(C)C. The van der Waals surface area contributed by atoms with E-state index in [1.807, 2.05) is 25.3 Å². The molecule has 0 aliphatic heterocycles. The second kappa shape index (κ2) is 7.25. The van der Waals surface area contributed by atoms with Crippen molar-refractivity contribution in [2.75, 3.05) is 5.32 Å². The highest BCUT2D eigenvalue weighted by Crippen LogP contribution is 2.34. The number of rotatable bonds is 4. The summed E-state index contributed by atoms with van der Waals surface area (Å²) in [5.41, 5.74) is 4.14. The molecule has 0 radical (unpaired) electrons. The second-order valence-electron chi connectivity index (χ2n) is 8.59. The number of imidazole rings is 1. The van der Waals surface area contributed by atoms with Crippen molar-refractivity contribution in [3.05, 3.63) is 30.4 Å². The third-order valence-corrected chi connectivity index (χ3v) is 5.99. The van der Waals surface area contributed by atoms with Gasteiger partial charge in [-0.15, -0.1) is 0 Å². The Morgan fingerprint density at radius 3 is 2.68 bits per heavy atom. The smallest absolute Gasteiger partial charge is 0.248 e. The maximum absolute atomic E-state index is 13.4. The maximum Gasteiger partial charge on any atom is 0.248 e. The molecule has 0 aromatic carbocycles. The average molecular weight is 425 g/mol. The molecule has 0 amide bonds. The van der Waals surface area contributed by atoms with Gasteiger partial charge in [-0.05, 0) is 45.7 Å². The molecule has 4 heterocycles. The van der Waals surface area contributed by atoms with E-state index in [0.29, 0.717) is 24.4 Å². The van der Waals surface area contributed by atoms with Gasteiger partial charge in [0.2, 0.25) is 11.9 Å². The molecule has 5 rings (SSSR count). The fourth-order valence-electron chi connectivity index (χ4n) is 4.41. The van der Waals surface area contributed by atoms with Crippen molar-refractivity contribution in [1.29, 1.82) is 0 Å². The zero-order valence-electron chi connectivity index (χ0n) is 17.8. The standard InChI is InChI=1S/C22H25F2N7/c1-12(2)31-13(3)27-18-5-4-17(29-20(18)31)15-10-25-19-16(15)11-26-21(30-19)28-14-6-8-22(23,24)9-7-14/h4-5,10-12,14H,6-9H2,1-3H3,(H2,25,26,28,30). The topological polar surface area (TPSA) is 84.3 Å². The predicted octanol–water partition coefficient (Wildman–Crippen LogP) is 5.25. The van der Waals surface area contributed by atoms with Crippen LogP contribution in [0, 0.1) is 6.92 Å². The Hall–Kier alpha value is -3.10. The van der Waals surface area contributed by atoms with E-state index in [0.717, 1.165) is 33.6 Å². The number of H-pyrrole nitrogens is 1. The first-order chi connectivity index (χ1) is 14.8. The number of halogens is 2. The number of pyridine rings is 1. The number of anilines is 1. The number of aromatic amines is 1. The van der Waals surface area contributed by atoms with Crippen molar-refractivity contribution in [1.82, 2.24) is 29.5 Å². The molecule has 1 aliphatic rings. The maximum atomic E-state index is 13.4. The quantitative estimate of drug-likeness (QED) is 0.467. The first-order valence-corrected chi connectivity index (χ1v) is 10.7. The summed E-state index contributed by atoms with van der Waals surface area (Å²) in [4.78, 5) is 21.7. The zero-order valence-corrected chi connectivity index (χ0v) is 17.8. The first kappa shape index (κ1) is 19.8. The summed E-state index contributed by atoms with van der Waals surface area (Å²) < 4.78 is 28.9. The molecule has 0 saturated heterocycles. The summed E-state index contributed by atoms with van der Waals surface area (Å²) in [5, 5.41) is 4.06. The third kappa shape index (κ3) is 3.62. The van der Waals surface area contributed by atoms with Gasteiger partial charge in [0.25, 0.3) is 0 Å². The Balaban J connectivity index is 1.44. The molecule has 0 atom stereocenters. The lowest BCUT2D eigenvalue weighted by Gasteiger charge is -2.28. The minimum absolute atomic E-state index is 0.0323. The predicted molar refractivity (Wildman–Crippen MR) is 116 cm³/mol. The summed E-state index contributed by atoms with van der Waals surface area (Å²) >= 11 is 0. The highest BCUT2D eigenvalue weighted by molar-refractivity contribution is 5.93. The van der Waals surface area contributed by atoms with Crippen LogP contribution in [0.5, 0.6) is 0 Å². The van der Waals surface area contributed by atoms with Gasteiger partial charge in [-0.25, -0.2) is 23.7 Å². The summed E-state index contributed by atoms with van der Waals surface area (Å²) in [5.74, 6) is -1.16. The molecule has 4 aromatic rings. The Labute approximate surface area is 178 Å². The number of alkyl halides is 2. The van der Waals surface area contributed by atoms with Gasteiger partial charge in [-0.1, -0.05) is 0 Å². The molecular weight excluding hydrogens is 400 g/mol. The summed E-state index contributed by atoms with van der Waals surface area (Å²) in [6.45, 7) is 6.22. The van der Waals surface area contributed by atoms with Crippen LogP contribution in [0.2, 0.25) is 0 Å². The van der Waals surface area contributed by atoms with E-state index in [1.54, 1.807) is 6.20 Å². The molecule has 1 aliphatic carbocycles. The highest BCUT2D eigenvalue weighted by Gasteiger charge is 2.35. The van der Waals surface area contributed by atoms with E-state index in [1.165, 1.54) is 0 Å². The lowest BCUT2D eigenvalue weighted by atomic mass is 9.92. The van der Waals surface area contributed by atoms with E-state index in [9.17, 15) is 8.78 Å². The van der Waals surface area contributed by atoms with Crippen LogP contribution in [0.4, 0.5) is 14.7 Å². The zero-order chi connectivity index (χ0) is 21.8. The Morgan fingerprint density at radius 2 is 1.94 bits per heavy atom. The van der Waals surface area contributed by atoms with E-state index in [2.05, 4.69) is 43.7 Å². The van der Waals surface area contributed by atoms with Gasteiger partial charge in [-0.2, -0.15) is 4.98 Å². The first-order valence-electron chi connectivity index (χ1n) is 10.7. The van der Waals surface area contributed by atoms with E-state index in [-0.39, 0.29) is 24.9 Å². The van der Waals surface area contributed by atoms with E-state index < -0.39 is 5.92 Å². The van der Waals surface area contributed by atoms with Crippen LogP contribution in [0.1, 0.15) is 51.4 Å². The molecule has 9 heteroatoms. The average Bonchev–Trinajstić information content (AvgIpc) is 3.28. The normalized spacial score (nSPS) is 17.1. The lowest BCUT2D eigenvalue weighted by Crippen LogP contribution is -2.32. The van der Waals surface area contributed by atoms with Crippen LogP contribution in [0.15, 0.2) is 24.5 Å². The summed E-state index contributed by atoms with van der Waals surface area (Å²) in [6.07, 6.45) is 4.26. The molecule has 1 saturated carbocycles. The number of hydrogen-bond acceptors (Lipinski definition) is 5. The number of hydrogen-bond donors (Lipinski definition) is 2. The van der Waals surface area contributed by atoms with Gasteiger partial charge in [0.1, 0.15) is 17.0 Å². The van der Waals surface area contributed by atoms with Crippen LogP contribution >= 0.6 is 0 Å². The van der Waals surface area contributed by atoms with E-state index >= 15 is 0 Å². The van der Waals surface area contributed by atoms with Crippen molar-refractivity contribution in [2.45, 2.75) is 64.5 Å². The van der Waals surface area contributed by atoms with Crippen molar-refractivity contribution in [3.8, 4) is 11.3 Å². The molecule has 0 spiro atoms. The fourth-order valence-corrected chi connectivity index (χ4v) is 4.41. The van der Waals surface area contributed by atoms with Crippen molar-refractivity contribution in [3.63, 3.8) is 0 Å². The van der Waals surface area contributed by atoms with Gasteiger partial charge in [-0.3, -0.25) is 0 Å². The number of nitrogens with zero attached hydrogens (tertiary/aromatic N) is 5. The molecule has 31 heavy (non-hydrogen) atoms. The third-order valence-electron chi connectivity index (χ3n) is 5.99. The van der Waals surface area contributed by atoms with Crippen LogP contribution in [0.3, 0.4) is 0 Å². The summed E-state index contributed by atoms with van der Waals surface area (Å²) in [7, 11) is 0. The lowest BCUT2D eigenvalue weighted by molar-refractivity contribution is -0.0361. The van der Waals surface area contributed by atoms with Crippen molar-refractivity contribution >= 4 is 28.1 Å².